The van der Waals surface area contributed by atoms with E-state index >= 15 is 0 Å². The lowest BCUT2D eigenvalue weighted by atomic mass is 10.3. The van der Waals surface area contributed by atoms with Gasteiger partial charge >= 0.3 is 5.97 Å². The van der Waals surface area contributed by atoms with Gasteiger partial charge in [-0.05, 0) is 43.2 Å². The standard InChI is InChI=1S/C15H29NO2S3/c1-4-7-10-18-15(17)13-14(19)16(20-11-8-5-2)21-12-9-6-3/h4-13H2,1-3H3. The quantitative estimate of drug-likeness (QED) is 0.195. The molecule has 124 valence electrons. The molecule has 0 aliphatic heterocycles. The van der Waals surface area contributed by atoms with E-state index in [-0.39, 0.29) is 12.4 Å². The maximum Gasteiger partial charge on any atom is 0.312 e. The number of nitrogens with zero attached hydrogens (tertiary/aromatic N) is 1. The molecule has 0 aliphatic carbocycles. The summed E-state index contributed by atoms with van der Waals surface area (Å²) in [6.07, 6.45) is 6.84. The van der Waals surface area contributed by atoms with Crippen LogP contribution in [-0.4, -0.2) is 32.8 Å². The lowest BCUT2D eigenvalue weighted by Gasteiger charge is -2.22. The first kappa shape index (κ1) is 21.1. The van der Waals surface area contributed by atoms with Crippen molar-refractivity contribution < 1.29 is 9.53 Å². The number of rotatable bonds is 13. The van der Waals surface area contributed by atoms with E-state index < -0.39 is 0 Å². The van der Waals surface area contributed by atoms with Gasteiger partial charge in [0.15, 0.2) is 0 Å². The molecule has 0 radical (unpaired) electrons. The lowest BCUT2D eigenvalue weighted by molar-refractivity contribution is -0.142. The van der Waals surface area contributed by atoms with Gasteiger partial charge in [0.05, 0.1) is 13.0 Å². The molecule has 0 fully saturated rings. The number of carbonyl (C=O) groups is 1. The maximum absolute atomic E-state index is 11.7. The highest BCUT2D eigenvalue weighted by Crippen LogP contribution is 2.26. The zero-order valence-electron chi connectivity index (χ0n) is 13.6. The van der Waals surface area contributed by atoms with Crippen LogP contribution in [0.1, 0.15) is 65.7 Å². The Hall–Kier alpha value is 0.0600. The van der Waals surface area contributed by atoms with Crippen LogP contribution in [-0.2, 0) is 9.53 Å². The van der Waals surface area contributed by atoms with Crippen LogP contribution in [0.25, 0.3) is 0 Å². The molecule has 0 aromatic heterocycles. The summed E-state index contributed by atoms with van der Waals surface area (Å²) in [6, 6.07) is 0. The second-order valence-electron chi connectivity index (χ2n) is 4.78. The van der Waals surface area contributed by atoms with Crippen LogP contribution in [0.3, 0.4) is 0 Å². The monoisotopic (exact) mass is 351 g/mol. The third-order valence-electron chi connectivity index (χ3n) is 2.67. The number of ether oxygens (including phenoxy) is 1. The highest BCUT2D eigenvalue weighted by molar-refractivity contribution is 8.13. The molecular weight excluding hydrogens is 322 g/mol. The van der Waals surface area contributed by atoms with Crippen molar-refractivity contribution in [2.75, 3.05) is 18.1 Å². The zero-order valence-corrected chi connectivity index (χ0v) is 16.0. The van der Waals surface area contributed by atoms with E-state index in [0.29, 0.717) is 11.6 Å². The Kier molecular flexibility index (Phi) is 15.0. The fraction of sp³-hybridized carbons (Fsp3) is 0.867. The van der Waals surface area contributed by atoms with Gasteiger partial charge in [0.2, 0.25) is 0 Å². The van der Waals surface area contributed by atoms with E-state index in [1.807, 2.05) is 3.71 Å². The van der Waals surface area contributed by atoms with Crippen molar-refractivity contribution >= 4 is 47.1 Å². The molecule has 0 saturated carbocycles. The number of esters is 1. The van der Waals surface area contributed by atoms with Gasteiger partial charge in [-0.3, -0.25) is 8.51 Å². The van der Waals surface area contributed by atoms with Gasteiger partial charge in [-0.2, -0.15) is 0 Å². The van der Waals surface area contributed by atoms with E-state index in [1.54, 1.807) is 23.9 Å². The average Bonchev–Trinajstić information content (AvgIpc) is 2.46. The molecule has 0 unspecified atom stereocenters. The Bertz CT molecular complexity index is 278. The van der Waals surface area contributed by atoms with Crippen LogP contribution in [0.2, 0.25) is 0 Å². The van der Waals surface area contributed by atoms with Crippen molar-refractivity contribution in [3.05, 3.63) is 0 Å². The molecule has 0 amide bonds. The number of unbranched alkanes of at least 4 members (excludes halogenated alkanes) is 3. The summed E-state index contributed by atoms with van der Waals surface area (Å²) in [6.45, 7) is 6.94. The van der Waals surface area contributed by atoms with Gasteiger partial charge in [-0.1, -0.05) is 52.3 Å². The zero-order chi connectivity index (χ0) is 15.9. The van der Waals surface area contributed by atoms with Gasteiger partial charge in [0.25, 0.3) is 0 Å². The van der Waals surface area contributed by atoms with Crippen LogP contribution < -0.4 is 0 Å². The van der Waals surface area contributed by atoms with Crippen LogP contribution in [0, 0.1) is 0 Å². The van der Waals surface area contributed by atoms with E-state index in [1.165, 1.54) is 25.7 Å². The summed E-state index contributed by atoms with van der Waals surface area (Å²) in [5.41, 5.74) is 0. The molecule has 0 bridgehead atoms. The molecule has 0 spiro atoms. The Labute approximate surface area is 144 Å². The molecule has 21 heavy (non-hydrogen) atoms. The maximum atomic E-state index is 11.7. The highest BCUT2D eigenvalue weighted by Gasteiger charge is 2.15. The smallest absolute Gasteiger partial charge is 0.312 e. The fourth-order valence-corrected chi connectivity index (χ4v) is 4.10. The first-order valence-corrected chi connectivity index (χ1v) is 10.2. The first-order chi connectivity index (χ1) is 10.2. The number of thiocarbonyl (C=S) groups is 1. The molecule has 0 saturated heterocycles. The van der Waals surface area contributed by atoms with Gasteiger partial charge < -0.3 is 4.74 Å². The Morgan fingerprint density at radius 1 is 1.00 bits per heavy atom. The van der Waals surface area contributed by atoms with E-state index in [4.69, 9.17) is 17.0 Å². The summed E-state index contributed by atoms with van der Waals surface area (Å²) in [5.74, 6) is 1.88. The summed E-state index contributed by atoms with van der Waals surface area (Å²) in [5, 5.41) is 0. The Morgan fingerprint density at radius 2 is 1.52 bits per heavy atom. The molecule has 0 atom stereocenters. The van der Waals surface area contributed by atoms with Crippen molar-refractivity contribution in [2.45, 2.75) is 65.7 Å². The molecule has 0 aliphatic rings. The number of carbonyl (C=O) groups excluding carboxylic acids is 1. The molecule has 0 N–H and O–H groups in total. The minimum absolute atomic E-state index is 0.203. The van der Waals surface area contributed by atoms with Crippen molar-refractivity contribution in [1.29, 1.82) is 0 Å². The highest BCUT2D eigenvalue weighted by atomic mass is 32.2. The number of hydrogen-bond acceptors (Lipinski definition) is 5. The van der Waals surface area contributed by atoms with Crippen LogP contribution >= 0.6 is 36.1 Å². The van der Waals surface area contributed by atoms with Crippen LogP contribution in [0.15, 0.2) is 0 Å². The molecule has 6 heteroatoms. The largest absolute Gasteiger partial charge is 0.465 e. The average molecular weight is 352 g/mol. The predicted octanol–water partition coefficient (Wildman–Crippen LogP) is 5.25. The van der Waals surface area contributed by atoms with Crippen molar-refractivity contribution in [3.8, 4) is 0 Å². The minimum Gasteiger partial charge on any atom is -0.465 e. The summed E-state index contributed by atoms with van der Waals surface area (Å²) in [7, 11) is 0. The fourth-order valence-electron chi connectivity index (χ4n) is 1.33. The normalized spacial score (nSPS) is 10.4. The predicted molar refractivity (Wildman–Crippen MR) is 99.7 cm³/mol. The van der Waals surface area contributed by atoms with Crippen molar-refractivity contribution in [1.82, 2.24) is 3.71 Å². The molecule has 0 rings (SSSR count). The second kappa shape index (κ2) is 15.0. The second-order valence-corrected chi connectivity index (χ2v) is 7.54. The number of hydrogen-bond donors (Lipinski definition) is 0. The molecule has 3 nitrogen and oxygen atoms in total. The van der Waals surface area contributed by atoms with E-state index in [9.17, 15) is 4.79 Å². The van der Waals surface area contributed by atoms with Gasteiger partial charge in [0, 0.05) is 11.5 Å². The van der Waals surface area contributed by atoms with Crippen molar-refractivity contribution in [2.24, 2.45) is 0 Å². The van der Waals surface area contributed by atoms with Gasteiger partial charge in [-0.15, -0.1) is 0 Å². The summed E-state index contributed by atoms with van der Waals surface area (Å²) in [4.78, 5) is 12.4. The SMILES string of the molecule is CCCCOC(=O)CC(=S)N(SCCCC)SCCCC. The third kappa shape index (κ3) is 12.3. The molecule has 0 aromatic rings. The van der Waals surface area contributed by atoms with E-state index in [2.05, 4.69) is 20.8 Å². The Balaban J connectivity index is 4.17. The molecule has 0 heterocycles. The Morgan fingerprint density at radius 3 is 2.00 bits per heavy atom. The molecule has 0 aromatic carbocycles. The topological polar surface area (TPSA) is 29.5 Å². The lowest BCUT2D eigenvalue weighted by Crippen LogP contribution is -2.21. The van der Waals surface area contributed by atoms with Gasteiger partial charge in [-0.25, -0.2) is 0 Å². The van der Waals surface area contributed by atoms with Crippen molar-refractivity contribution in [3.63, 3.8) is 0 Å². The van der Waals surface area contributed by atoms with E-state index in [0.717, 1.165) is 24.3 Å². The van der Waals surface area contributed by atoms with Crippen LogP contribution in [0.5, 0.6) is 0 Å². The first-order valence-electron chi connectivity index (χ1n) is 7.90. The summed E-state index contributed by atoms with van der Waals surface area (Å²) < 4.78 is 7.23. The third-order valence-corrected chi connectivity index (χ3v) is 5.72. The van der Waals surface area contributed by atoms with Crippen LogP contribution in [0.4, 0.5) is 0 Å². The molecular formula is C15H29NO2S3. The van der Waals surface area contributed by atoms with Gasteiger partial charge in [0.1, 0.15) is 4.99 Å². The summed E-state index contributed by atoms with van der Waals surface area (Å²) >= 11 is 8.86. The minimum atomic E-state index is -0.203.